The van der Waals surface area contributed by atoms with Crippen LogP contribution in [0.15, 0.2) is 48.5 Å². The average Bonchev–Trinajstić information content (AvgIpc) is 2.55. The first-order chi connectivity index (χ1) is 11.0. The summed E-state index contributed by atoms with van der Waals surface area (Å²) in [6.45, 7) is 2.88. The number of hydrogen-bond acceptors (Lipinski definition) is 4. The van der Waals surface area contributed by atoms with Gasteiger partial charge in [-0.1, -0.05) is 31.2 Å². The highest BCUT2D eigenvalue weighted by atomic mass is 16.6. The third-order valence-electron chi connectivity index (χ3n) is 3.97. The molecule has 0 spiro atoms. The molecule has 0 saturated heterocycles. The number of rotatable bonds is 7. The van der Waals surface area contributed by atoms with Gasteiger partial charge in [-0.2, -0.15) is 0 Å². The Bertz CT molecular complexity index is 636. The van der Waals surface area contributed by atoms with E-state index in [9.17, 15) is 10.1 Å². The zero-order valence-corrected chi connectivity index (χ0v) is 13.8. The number of aryl methyl sites for hydroxylation is 1. The third-order valence-corrected chi connectivity index (χ3v) is 3.97. The molecule has 0 saturated carbocycles. The van der Waals surface area contributed by atoms with Crippen molar-refractivity contribution in [3.8, 4) is 0 Å². The van der Waals surface area contributed by atoms with Gasteiger partial charge in [0.15, 0.2) is 0 Å². The van der Waals surface area contributed by atoms with Gasteiger partial charge in [-0.15, -0.1) is 0 Å². The van der Waals surface area contributed by atoms with Crippen molar-refractivity contribution in [2.24, 2.45) is 0 Å². The van der Waals surface area contributed by atoms with Crippen molar-refractivity contribution in [3.05, 3.63) is 69.8 Å². The highest BCUT2D eigenvalue weighted by Gasteiger charge is 2.14. The molecular weight excluding hydrogens is 290 g/mol. The summed E-state index contributed by atoms with van der Waals surface area (Å²) in [6.07, 6.45) is 1.04. The second-order valence-corrected chi connectivity index (χ2v) is 5.76. The monoisotopic (exact) mass is 313 g/mol. The summed E-state index contributed by atoms with van der Waals surface area (Å²) in [5.41, 5.74) is 3.57. The number of nitro groups is 1. The maximum absolute atomic E-state index is 10.7. The van der Waals surface area contributed by atoms with E-state index >= 15 is 0 Å². The smallest absolute Gasteiger partial charge is 0.269 e. The maximum atomic E-state index is 10.7. The van der Waals surface area contributed by atoms with Crippen LogP contribution in [-0.4, -0.2) is 30.5 Å². The molecule has 1 N–H and O–H groups in total. The first-order valence-electron chi connectivity index (χ1n) is 7.75. The van der Waals surface area contributed by atoms with Crippen molar-refractivity contribution in [1.82, 2.24) is 4.90 Å². The first kappa shape index (κ1) is 17.0. The second kappa shape index (κ2) is 7.74. The fraction of sp³-hybridized carbons (Fsp3) is 0.333. The van der Waals surface area contributed by atoms with E-state index in [1.165, 1.54) is 23.3 Å². The van der Waals surface area contributed by atoms with Crippen LogP contribution in [0.2, 0.25) is 0 Å². The predicted octanol–water partition coefficient (Wildman–Crippen LogP) is 3.87. The maximum Gasteiger partial charge on any atom is 0.269 e. The van der Waals surface area contributed by atoms with E-state index in [-0.39, 0.29) is 16.7 Å². The fourth-order valence-corrected chi connectivity index (χ4v) is 2.49. The van der Waals surface area contributed by atoms with Crippen molar-refractivity contribution < 1.29 is 4.92 Å². The highest BCUT2D eigenvalue weighted by molar-refractivity contribution is 5.48. The average molecular weight is 313 g/mol. The molecule has 0 heterocycles. The predicted molar refractivity (Wildman–Crippen MR) is 93.8 cm³/mol. The van der Waals surface area contributed by atoms with Crippen molar-refractivity contribution in [2.75, 3.05) is 26.0 Å². The highest BCUT2D eigenvalue weighted by Crippen LogP contribution is 2.21. The molecule has 2 aromatic carbocycles. The third kappa shape index (κ3) is 4.53. The zero-order valence-electron chi connectivity index (χ0n) is 13.8. The molecule has 1 atom stereocenters. The van der Waals surface area contributed by atoms with Crippen LogP contribution in [0.25, 0.3) is 0 Å². The molecule has 0 bridgehead atoms. The van der Waals surface area contributed by atoms with E-state index in [2.05, 4.69) is 55.5 Å². The number of anilines is 1. The topological polar surface area (TPSA) is 58.4 Å². The van der Waals surface area contributed by atoms with E-state index in [4.69, 9.17) is 0 Å². The van der Waals surface area contributed by atoms with E-state index in [0.29, 0.717) is 0 Å². The van der Waals surface area contributed by atoms with Crippen molar-refractivity contribution >= 4 is 11.4 Å². The molecule has 5 nitrogen and oxygen atoms in total. The summed E-state index contributed by atoms with van der Waals surface area (Å²) in [6, 6.07) is 15.4. The number of nitro benzene ring substituents is 1. The number of nitrogens with one attached hydrogen (secondary N) is 1. The van der Waals surface area contributed by atoms with Crippen molar-refractivity contribution in [2.45, 2.75) is 19.4 Å². The minimum atomic E-state index is -0.387. The lowest BCUT2D eigenvalue weighted by molar-refractivity contribution is -0.384. The lowest BCUT2D eigenvalue weighted by Gasteiger charge is -2.25. The Kier molecular flexibility index (Phi) is 5.71. The molecule has 0 aliphatic rings. The zero-order chi connectivity index (χ0) is 16.8. The molecular formula is C18H23N3O2. The number of benzene rings is 2. The molecule has 1 unspecified atom stereocenters. The van der Waals surface area contributed by atoms with Gasteiger partial charge in [-0.3, -0.25) is 10.1 Å². The van der Waals surface area contributed by atoms with Gasteiger partial charge < -0.3 is 10.2 Å². The van der Waals surface area contributed by atoms with Crippen LogP contribution >= 0.6 is 0 Å². The standard InChI is InChI=1S/C18H23N3O2/c1-4-14-5-7-15(8-6-14)18(20(2)3)13-19-16-9-11-17(12-10-16)21(22)23/h5-12,18-19H,4,13H2,1-3H3. The van der Waals surface area contributed by atoms with Crippen LogP contribution in [0.5, 0.6) is 0 Å². The van der Waals surface area contributed by atoms with Gasteiger partial charge in [-0.25, -0.2) is 0 Å². The van der Waals surface area contributed by atoms with E-state index < -0.39 is 0 Å². The van der Waals surface area contributed by atoms with Gasteiger partial charge >= 0.3 is 0 Å². The molecule has 23 heavy (non-hydrogen) atoms. The number of likely N-dealkylation sites (N-methyl/N-ethyl adjacent to an activating group) is 1. The Morgan fingerprint density at radius 3 is 2.17 bits per heavy atom. The molecule has 5 heteroatoms. The van der Waals surface area contributed by atoms with Crippen LogP contribution in [0.1, 0.15) is 24.1 Å². The summed E-state index contributed by atoms with van der Waals surface area (Å²) in [4.78, 5) is 12.5. The molecule has 122 valence electrons. The summed E-state index contributed by atoms with van der Waals surface area (Å²) in [5, 5.41) is 14.0. The van der Waals surface area contributed by atoms with Crippen molar-refractivity contribution in [1.29, 1.82) is 0 Å². The van der Waals surface area contributed by atoms with Gasteiger partial charge in [0.2, 0.25) is 0 Å². The van der Waals surface area contributed by atoms with Crippen LogP contribution in [-0.2, 0) is 6.42 Å². The van der Waals surface area contributed by atoms with Gasteiger partial charge in [0.05, 0.1) is 11.0 Å². The number of nitrogens with zero attached hydrogens (tertiary/aromatic N) is 2. The Morgan fingerprint density at radius 2 is 1.70 bits per heavy atom. The van der Waals surface area contributed by atoms with Crippen molar-refractivity contribution in [3.63, 3.8) is 0 Å². The van der Waals surface area contributed by atoms with Crippen LogP contribution in [0.4, 0.5) is 11.4 Å². The molecule has 0 fully saturated rings. The Labute approximate surface area is 137 Å². The van der Waals surface area contributed by atoms with Crippen LogP contribution in [0, 0.1) is 10.1 Å². The number of hydrogen-bond donors (Lipinski definition) is 1. The summed E-state index contributed by atoms with van der Waals surface area (Å²) in [5.74, 6) is 0. The molecule has 2 rings (SSSR count). The molecule has 0 aliphatic heterocycles. The quantitative estimate of drug-likeness (QED) is 0.622. The second-order valence-electron chi connectivity index (χ2n) is 5.76. The van der Waals surface area contributed by atoms with Crippen LogP contribution in [0.3, 0.4) is 0 Å². The van der Waals surface area contributed by atoms with Crippen LogP contribution < -0.4 is 5.32 Å². The van der Waals surface area contributed by atoms with Gasteiger partial charge in [0, 0.05) is 24.4 Å². The number of non-ortho nitro benzene ring substituents is 1. The normalized spacial score (nSPS) is 12.2. The SMILES string of the molecule is CCc1ccc(C(CNc2ccc([N+](=O)[O-])cc2)N(C)C)cc1. The van der Waals surface area contributed by atoms with Gasteiger partial charge in [0.25, 0.3) is 5.69 Å². The summed E-state index contributed by atoms with van der Waals surface area (Å²) >= 11 is 0. The fourth-order valence-electron chi connectivity index (χ4n) is 2.49. The van der Waals surface area contributed by atoms with E-state index in [0.717, 1.165) is 18.7 Å². The lowest BCUT2D eigenvalue weighted by Crippen LogP contribution is -2.26. The molecule has 0 aliphatic carbocycles. The molecule has 0 radical (unpaired) electrons. The summed E-state index contributed by atoms with van der Waals surface area (Å²) < 4.78 is 0. The molecule has 2 aromatic rings. The lowest BCUT2D eigenvalue weighted by atomic mass is 10.0. The van der Waals surface area contributed by atoms with E-state index in [1.807, 2.05) is 0 Å². The summed E-state index contributed by atoms with van der Waals surface area (Å²) in [7, 11) is 4.10. The van der Waals surface area contributed by atoms with E-state index in [1.54, 1.807) is 12.1 Å². The molecule has 0 amide bonds. The Morgan fingerprint density at radius 1 is 1.09 bits per heavy atom. The molecule has 0 aromatic heterocycles. The largest absolute Gasteiger partial charge is 0.383 e. The first-order valence-corrected chi connectivity index (χ1v) is 7.75. The van der Waals surface area contributed by atoms with Gasteiger partial charge in [0.1, 0.15) is 0 Å². The minimum Gasteiger partial charge on any atom is -0.383 e. The van der Waals surface area contributed by atoms with Gasteiger partial charge in [-0.05, 0) is 43.8 Å². The Balaban J connectivity index is 2.05. The minimum absolute atomic E-state index is 0.106. The Hall–Kier alpha value is -2.40.